The van der Waals surface area contributed by atoms with Crippen LogP contribution in [0.25, 0.3) is 11.1 Å². The molecule has 0 aliphatic carbocycles. The summed E-state index contributed by atoms with van der Waals surface area (Å²) in [6.07, 6.45) is 0.182. The molecule has 2 rings (SSSR count). The number of benzene rings is 2. The van der Waals surface area contributed by atoms with Crippen molar-refractivity contribution in [3.63, 3.8) is 0 Å². The van der Waals surface area contributed by atoms with Gasteiger partial charge in [-0.3, -0.25) is 9.59 Å². The van der Waals surface area contributed by atoms with Crippen molar-refractivity contribution in [1.82, 2.24) is 0 Å². The second-order valence-electron chi connectivity index (χ2n) is 5.38. The Morgan fingerprint density at radius 2 is 1.83 bits per heavy atom. The Kier molecular flexibility index (Phi) is 5.49. The molecule has 0 aliphatic rings. The average Bonchev–Trinajstić information content (AvgIpc) is 2.55. The molecule has 0 unspecified atom stereocenters. The molecule has 1 atom stereocenters. The van der Waals surface area contributed by atoms with Gasteiger partial charge in [0.2, 0.25) is 5.91 Å². The van der Waals surface area contributed by atoms with Crippen LogP contribution >= 0.6 is 0 Å². The molecule has 0 aromatic heterocycles. The third-order valence-corrected chi connectivity index (χ3v) is 3.69. The molecule has 23 heavy (non-hydrogen) atoms. The lowest BCUT2D eigenvalue weighted by Gasteiger charge is -2.13. The molecule has 0 heterocycles. The van der Waals surface area contributed by atoms with Gasteiger partial charge in [-0.2, -0.15) is 0 Å². The summed E-state index contributed by atoms with van der Waals surface area (Å²) in [5, 5.41) is 11.6. The van der Waals surface area contributed by atoms with Crippen LogP contribution in [0.15, 0.2) is 48.5 Å². The van der Waals surface area contributed by atoms with Crippen molar-refractivity contribution in [2.45, 2.75) is 25.8 Å². The Hall–Kier alpha value is -2.66. The molecule has 0 saturated carbocycles. The highest BCUT2D eigenvalue weighted by Crippen LogP contribution is 2.28. The van der Waals surface area contributed by atoms with E-state index in [1.54, 1.807) is 0 Å². The van der Waals surface area contributed by atoms with Gasteiger partial charge in [-0.15, -0.1) is 0 Å². The van der Waals surface area contributed by atoms with Gasteiger partial charge in [0.25, 0.3) is 0 Å². The van der Waals surface area contributed by atoms with Gasteiger partial charge in [0.1, 0.15) is 6.04 Å². The van der Waals surface area contributed by atoms with Gasteiger partial charge in [-0.05, 0) is 36.1 Å². The molecule has 1 amide bonds. The Morgan fingerprint density at radius 1 is 1.13 bits per heavy atom. The van der Waals surface area contributed by atoms with Crippen LogP contribution in [-0.4, -0.2) is 23.0 Å². The molecule has 0 fully saturated rings. The summed E-state index contributed by atoms with van der Waals surface area (Å²) in [6, 6.07) is 14.6. The maximum atomic E-state index is 12.0. The molecular formula is C18H20N2O3. The first-order chi connectivity index (χ1) is 11.0. The fourth-order valence-electron chi connectivity index (χ4n) is 2.32. The maximum Gasteiger partial charge on any atom is 0.320 e. The highest BCUT2D eigenvalue weighted by atomic mass is 16.4. The van der Waals surface area contributed by atoms with Crippen LogP contribution in [0.2, 0.25) is 0 Å². The number of rotatable bonds is 6. The van der Waals surface area contributed by atoms with Crippen LogP contribution in [0.3, 0.4) is 0 Å². The second kappa shape index (κ2) is 7.56. The molecule has 4 N–H and O–H groups in total. The fourth-order valence-corrected chi connectivity index (χ4v) is 2.32. The molecule has 5 heteroatoms. The molecule has 5 nitrogen and oxygen atoms in total. The van der Waals surface area contributed by atoms with Crippen molar-refractivity contribution >= 4 is 17.6 Å². The molecule has 0 saturated heterocycles. The monoisotopic (exact) mass is 312 g/mol. The predicted molar refractivity (Wildman–Crippen MR) is 90.1 cm³/mol. The maximum absolute atomic E-state index is 12.0. The van der Waals surface area contributed by atoms with Crippen LogP contribution in [-0.2, 0) is 9.59 Å². The minimum Gasteiger partial charge on any atom is -0.480 e. The molecule has 120 valence electrons. The summed E-state index contributed by atoms with van der Waals surface area (Å²) in [6.45, 7) is 1.95. The first-order valence-electron chi connectivity index (χ1n) is 7.42. The highest BCUT2D eigenvalue weighted by molar-refractivity contribution is 5.93. The van der Waals surface area contributed by atoms with E-state index in [2.05, 4.69) is 5.32 Å². The van der Waals surface area contributed by atoms with Crippen LogP contribution in [0.1, 0.15) is 18.4 Å². The lowest BCUT2D eigenvalue weighted by atomic mass is 9.99. The van der Waals surface area contributed by atoms with Crippen molar-refractivity contribution in [1.29, 1.82) is 0 Å². The minimum atomic E-state index is -1.10. The van der Waals surface area contributed by atoms with Crippen molar-refractivity contribution in [2.24, 2.45) is 5.73 Å². The molecule has 0 radical (unpaired) electrons. The standard InChI is InChI=1S/C18H20N2O3/c1-12-14(13-6-3-2-4-7-13)8-5-9-16(12)20-17(21)11-10-15(19)18(22)23/h2-9,15H,10-11,19H2,1H3,(H,20,21)(H,22,23)/t15-/m0/s1. The summed E-state index contributed by atoms with van der Waals surface area (Å²) < 4.78 is 0. The average molecular weight is 312 g/mol. The van der Waals surface area contributed by atoms with E-state index in [4.69, 9.17) is 10.8 Å². The normalized spacial score (nSPS) is 11.7. The lowest BCUT2D eigenvalue weighted by Crippen LogP contribution is -2.31. The van der Waals surface area contributed by atoms with E-state index in [0.29, 0.717) is 0 Å². The number of aliphatic carboxylic acids is 1. The van der Waals surface area contributed by atoms with E-state index in [1.807, 2.05) is 55.5 Å². The van der Waals surface area contributed by atoms with Crippen LogP contribution in [0.4, 0.5) is 5.69 Å². The number of hydrogen-bond donors (Lipinski definition) is 3. The van der Waals surface area contributed by atoms with E-state index in [1.165, 1.54) is 0 Å². The zero-order valence-electron chi connectivity index (χ0n) is 13.0. The number of carboxylic acids is 1. The minimum absolute atomic E-state index is 0.0719. The molecule has 2 aromatic rings. The van der Waals surface area contributed by atoms with Gasteiger partial charge in [-0.1, -0.05) is 42.5 Å². The Morgan fingerprint density at radius 3 is 2.48 bits per heavy atom. The molecular weight excluding hydrogens is 292 g/mol. The Balaban J connectivity index is 2.09. The van der Waals surface area contributed by atoms with Crippen molar-refractivity contribution in [2.75, 3.05) is 5.32 Å². The number of carbonyl (C=O) groups is 2. The van der Waals surface area contributed by atoms with Crippen LogP contribution in [0, 0.1) is 6.92 Å². The first-order valence-corrected chi connectivity index (χ1v) is 7.42. The Bertz CT molecular complexity index is 699. The number of hydrogen-bond acceptors (Lipinski definition) is 3. The number of nitrogens with two attached hydrogens (primary N) is 1. The van der Waals surface area contributed by atoms with Crippen molar-refractivity contribution in [3.8, 4) is 11.1 Å². The third kappa shape index (κ3) is 4.40. The van der Waals surface area contributed by atoms with Gasteiger partial charge in [0.15, 0.2) is 0 Å². The SMILES string of the molecule is Cc1c(NC(=O)CC[C@H](N)C(=O)O)cccc1-c1ccccc1. The van der Waals surface area contributed by atoms with Crippen molar-refractivity contribution < 1.29 is 14.7 Å². The summed E-state index contributed by atoms with van der Waals surface area (Å²) in [4.78, 5) is 22.6. The van der Waals surface area contributed by atoms with Gasteiger partial charge in [-0.25, -0.2) is 0 Å². The van der Waals surface area contributed by atoms with E-state index in [0.717, 1.165) is 22.4 Å². The van der Waals surface area contributed by atoms with Crippen LogP contribution < -0.4 is 11.1 Å². The number of anilines is 1. The third-order valence-electron chi connectivity index (χ3n) is 3.69. The summed E-state index contributed by atoms with van der Waals surface area (Å²) in [5.41, 5.74) is 9.22. The topological polar surface area (TPSA) is 92.4 Å². The summed E-state index contributed by atoms with van der Waals surface area (Å²) in [5.74, 6) is -1.34. The second-order valence-corrected chi connectivity index (χ2v) is 5.38. The van der Waals surface area contributed by atoms with E-state index in [9.17, 15) is 9.59 Å². The van der Waals surface area contributed by atoms with E-state index >= 15 is 0 Å². The number of nitrogens with one attached hydrogen (secondary N) is 1. The zero-order valence-corrected chi connectivity index (χ0v) is 13.0. The largest absolute Gasteiger partial charge is 0.480 e. The van der Waals surface area contributed by atoms with Gasteiger partial charge in [0, 0.05) is 12.1 Å². The molecule has 0 aliphatic heterocycles. The van der Waals surface area contributed by atoms with Crippen LogP contribution in [0.5, 0.6) is 0 Å². The highest BCUT2D eigenvalue weighted by Gasteiger charge is 2.14. The van der Waals surface area contributed by atoms with E-state index in [-0.39, 0.29) is 18.7 Å². The van der Waals surface area contributed by atoms with E-state index < -0.39 is 12.0 Å². The number of amides is 1. The zero-order chi connectivity index (χ0) is 16.8. The van der Waals surface area contributed by atoms with Crippen molar-refractivity contribution in [3.05, 3.63) is 54.1 Å². The van der Waals surface area contributed by atoms with Gasteiger partial charge in [0.05, 0.1) is 0 Å². The summed E-state index contributed by atoms with van der Waals surface area (Å²) >= 11 is 0. The summed E-state index contributed by atoms with van der Waals surface area (Å²) in [7, 11) is 0. The number of carboxylic acid groups (broad SMARTS) is 1. The Labute approximate surface area is 135 Å². The smallest absolute Gasteiger partial charge is 0.320 e. The first kappa shape index (κ1) is 16.7. The lowest BCUT2D eigenvalue weighted by molar-refractivity contribution is -0.138. The van der Waals surface area contributed by atoms with Gasteiger partial charge >= 0.3 is 5.97 Å². The predicted octanol–water partition coefficient (Wildman–Crippen LogP) is 2.79. The fraction of sp³-hybridized carbons (Fsp3) is 0.222. The molecule has 0 spiro atoms. The quantitative estimate of drug-likeness (QED) is 0.764. The molecule has 2 aromatic carbocycles. The number of carbonyl (C=O) groups excluding carboxylic acids is 1. The van der Waals surface area contributed by atoms with Gasteiger partial charge < -0.3 is 16.2 Å². The molecule has 0 bridgehead atoms.